The van der Waals surface area contributed by atoms with Crippen LogP contribution in [0.1, 0.15) is 12.6 Å². The summed E-state index contributed by atoms with van der Waals surface area (Å²) in [7, 11) is 0. The van der Waals surface area contributed by atoms with Crippen molar-refractivity contribution in [3.8, 4) is 0 Å². The Labute approximate surface area is 89.3 Å². The van der Waals surface area contributed by atoms with Gasteiger partial charge in [0.1, 0.15) is 6.17 Å². The molecule has 0 aromatic carbocycles. The van der Waals surface area contributed by atoms with Crippen LogP contribution in [0, 0.1) is 0 Å². The number of aliphatic hydroxyl groups excluding tert-OH is 1. The van der Waals surface area contributed by atoms with E-state index in [-0.39, 0.29) is 13.0 Å². The molecule has 0 bridgehead atoms. The first-order chi connectivity index (χ1) is 7.61. The Morgan fingerprint density at radius 2 is 2.38 bits per heavy atom. The van der Waals surface area contributed by atoms with E-state index in [0.29, 0.717) is 0 Å². The van der Waals surface area contributed by atoms with Gasteiger partial charge < -0.3 is 9.84 Å². The normalized spacial score (nSPS) is 29.5. The summed E-state index contributed by atoms with van der Waals surface area (Å²) in [6.07, 6.45) is -1.86. The smallest absolute Gasteiger partial charge is 0.330 e. The summed E-state index contributed by atoms with van der Waals surface area (Å²) in [4.78, 5) is 24.2. The molecule has 3 atom stereocenters. The van der Waals surface area contributed by atoms with Crippen LogP contribution in [0.4, 0.5) is 4.39 Å². The monoisotopic (exact) mass is 230 g/mol. The van der Waals surface area contributed by atoms with Gasteiger partial charge in [0.2, 0.25) is 0 Å². The van der Waals surface area contributed by atoms with Crippen LogP contribution in [0.15, 0.2) is 21.9 Å². The van der Waals surface area contributed by atoms with Crippen LogP contribution in [0.3, 0.4) is 0 Å². The number of halogens is 1. The Morgan fingerprint density at radius 3 is 2.94 bits per heavy atom. The quantitative estimate of drug-likeness (QED) is 0.693. The van der Waals surface area contributed by atoms with Gasteiger partial charge in [-0.25, -0.2) is 9.18 Å². The summed E-state index contributed by atoms with van der Waals surface area (Å²) in [5.41, 5.74) is -1.27. The highest BCUT2D eigenvalue weighted by atomic mass is 19.1. The van der Waals surface area contributed by atoms with E-state index in [4.69, 9.17) is 9.84 Å². The van der Waals surface area contributed by atoms with E-state index in [1.807, 2.05) is 4.98 Å². The third kappa shape index (κ3) is 1.91. The molecule has 2 heterocycles. The molecule has 7 heteroatoms. The fraction of sp³-hybridized carbons (Fsp3) is 0.556. The number of nitrogens with zero attached hydrogens (tertiary/aromatic N) is 1. The van der Waals surface area contributed by atoms with Gasteiger partial charge in [-0.1, -0.05) is 0 Å². The summed E-state index contributed by atoms with van der Waals surface area (Å²) in [5.74, 6) is 0. The van der Waals surface area contributed by atoms with E-state index in [9.17, 15) is 14.0 Å². The van der Waals surface area contributed by atoms with Crippen LogP contribution < -0.4 is 11.2 Å². The first-order valence-corrected chi connectivity index (χ1v) is 4.83. The van der Waals surface area contributed by atoms with E-state index in [2.05, 4.69) is 0 Å². The molecule has 16 heavy (non-hydrogen) atoms. The fourth-order valence-corrected chi connectivity index (χ4v) is 1.69. The Kier molecular flexibility index (Phi) is 2.88. The molecule has 1 aromatic heterocycles. The molecule has 1 aromatic rings. The van der Waals surface area contributed by atoms with Crippen LogP contribution in [0.5, 0.6) is 0 Å². The molecule has 2 rings (SSSR count). The number of aromatic amines is 1. The predicted molar refractivity (Wildman–Crippen MR) is 51.8 cm³/mol. The fourth-order valence-electron chi connectivity index (χ4n) is 1.69. The molecule has 0 unspecified atom stereocenters. The summed E-state index contributed by atoms with van der Waals surface area (Å²) in [5, 5.41) is 8.83. The Bertz CT molecular complexity index is 483. The third-order valence-corrected chi connectivity index (χ3v) is 2.46. The zero-order chi connectivity index (χ0) is 11.7. The van der Waals surface area contributed by atoms with Gasteiger partial charge in [0.25, 0.3) is 5.56 Å². The zero-order valence-electron chi connectivity index (χ0n) is 8.30. The van der Waals surface area contributed by atoms with Crippen molar-refractivity contribution in [3.05, 3.63) is 33.1 Å². The molecule has 0 aliphatic carbocycles. The van der Waals surface area contributed by atoms with Gasteiger partial charge in [0, 0.05) is 18.7 Å². The van der Waals surface area contributed by atoms with Gasteiger partial charge in [-0.05, 0) is 0 Å². The van der Waals surface area contributed by atoms with Crippen LogP contribution in [-0.2, 0) is 4.74 Å². The first-order valence-electron chi connectivity index (χ1n) is 4.83. The second kappa shape index (κ2) is 4.18. The highest BCUT2D eigenvalue weighted by Crippen LogP contribution is 2.29. The van der Waals surface area contributed by atoms with Crippen LogP contribution in [-0.4, -0.2) is 33.5 Å². The molecule has 0 spiro atoms. The number of hydrogen-bond donors (Lipinski definition) is 2. The zero-order valence-corrected chi connectivity index (χ0v) is 8.30. The van der Waals surface area contributed by atoms with Gasteiger partial charge in [-0.3, -0.25) is 14.3 Å². The van der Waals surface area contributed by atoms with E-state index in [1.54, 1.807) is 0 Å². The minimum Gasteiger partial charge on any atom is -0.394 e. The van der Waals surface area contributed by atoms with E-state index < -0.39 is 29.8 Å². The van der Waals surface area contributed by atoms with Crippen molar-refractivity contribution in [2.75, 3.05) is 6.61 Å². The average molecular weight is 230 g/mol. The Hall–Kier alpha value is -1.47. The topological polar surface area (TPSA) is 84.3 Å². The second-order valence-corrected chi connectivity index (χ2v) is 3.60. The van der Waals surface area contributed by atoms with Crippen molar-refractivity contribution in [2.45, 2.75) is 24.9 Å². The summed E-state index contributed by atoms with van der Waals surface area (Å²) in [6.45, 7) is -0.297. The number of ether oxygens (including phenoxy) is 1. The summed E-state index contributed by atoms with van der Waals surface area (Å²) < 4.78 is 19.6. The molecule has 1 aliphatic heterocycles. The molecule has 0 saturated carbocycles. The summed E-state index contributed by atoms with van der Waals surface area (Å²) >= 11 is 0. The van der Waals surface area contributed by atoms with E-state index in [0.717, 1.165) is 10.6 Å². The molecule has 0 radical (unpaired) electrons. The highest BCUT2D eigenvalue weighted by molar-refractivity contribution is 4.88. The largest absolute Gasteiger partial charge is 0.394 e. The van der Waals surface area contributed by atoms with Crippen LogP contribution >= 0.6 is 0 Å². The number of hydrogen-bond acceptors (Lipinski definition) is 4. The van der Waals surface area contributed by atoms with Gasteiger partial charge in [-0.2, -0.15) is 0 Å². The highest BCUT2D eigenvalue weighted by Gasteiger charge is 2.36. The van der Waals surface area contributed by atoms with Crippen molar-refractivity contribution in [3.63, 3.8) is 0 Å². The predicted octanol–water partition coefficient (Wildman–Crippen LogP) is -0.846. The van der Waals surface area contributed by atoms with Gasteiger partial charge in [0.15, 0.2) is 6.23 Å². The molecule has 1 aliphatic rings. The number of rotatable bonds is 2. The van der Waals surface area contributed by atoms with Gasteiger partial charge in [0.05, 0.1) is 12.7 Å². The number of H-pyrrole nitrogens is 1. The average Bonchev–Trinajstić information content (AvgIpc) is 2.60. The number of alkyl halides is 1. The first kappa shape index (κ1) is 11.0. The van der Waals surface area contributed by atoms with Crippen molar-refractivity contribution in [1.82, 2.24) is 9.55 Å². The Morgan fingerprint density at radius 1 is 1.62 bits per heavy atom. The van der Waals surface area contributed by atoms with Crippen molar-refractivity contribution >= 4 is 0 Å². The standard InChI is InChI=1S/C9H11FN2O4/c10-6-3-5(4-13)16-8(6)12-2-1-7(14)11-9(12)15/h1-2,5-6,8,13H,3-4H2,(H,11,14,15)/t5-,6+,8+/m1/s1. The molecule has 1 fully saturated rings. The lowest BCUT2D eigenvalue weighted by Gasteiger charge is -2.15. The van der Waals surface area contributed by atoms with Gasteiger partial charge >= 0.3 is 5.69 Å². The lowest BCUT2D eigenvalue weighted by molar-refractivity contribution is -0.0394. The lowest BCUT2D eigenvalue weighted by Crippen LogP contribution is -2.34. The van der Waals surface area contributed by atoms with E-state index >= 15 is 0 Å². The third-order valence-electron chi connectivity index (χ3n) is 2.46. The maximum atomic E-state index is 13.5. The number of aliphatic hydroxyl groups is 1. The molecule has 0 amide bonds. The molecule has 2 N–H and O–H groups in total. The molecule has 6 nitrogen and oxygen atoms in total. The summed E-state index contributed by atoms with van der Waals surface area (Å²) in [6, 6.07) is 1.11. The van der Waals surface area contributed by atoms with Crippen LogP contribution in [0.2, 0.25) is 0 Å². The number of nitrogens with one attached hydrogen (secondary N) is 1. The van der Waals surface area contributed by atoms with Gasteiger partial charge in [-0.15, -0.1) is 0 Å². The maximum absolute atomic E-state index is 13.5. The minimum absolute atomic E-state index is 0.0345. The van der Waals surface area contributed by atoms with Crippen LogP contribution in [0.25, 0.3) is 0 Å². The minimum atomic E-state index is -1.37. The molecular formula is C9H11FN2O4. The lowest BCUT2D eigenvalue weighted by atomic mass is 10.2. The maximum Gasteiger partial charge on any atom is 0.330 e. The molecule has 1 saturated heterocycles. The molecular weight excluding hydrogens is 219 g/mol. The SMILES string of the molecule is O=c1ccn([C@H]2O[C@@H](CO)C[C@@H]2F)c(=O)[nH]1. The Balaban J connectivity index is 2.31. The number of aromatic nitrogens is 2. The van der Waals surface area contributed by atoms with Crippen molar-refractivity contribution in [1.29, 1.82) is 0 Å². The molecule has 88 valence electrons. The second-order valence-electron chi connectivity index (χ2n) is 3.60. The van der Waals surface area contributed by atoms with E-state index in [1.165, 1.54) is 6.20 Å². The van der Waals surface area contributed by atoms with Crippen molar-refractivity contribution < 1.29 is 14.2 Å². The van der Waals surface area contributed by atoms with Crippen molar-refractivity contribution in [2.24, 2.45) is 0 Å².